The summed E-state index contributed by atoms with van der Waals surface area (Å²) in [6.07, 6.45) is 4.10. The van der Waals surface area contributed by atoms with Gasteiger partial charge >= 0.3 is 0 Å². The molecule has 1 heterocycles. The summed E-state index contributed by atoms with van der Waals surface area (Å²) < 4.78 is 6.02. The molecule has 1 atom stereocenters. The van der Waals surface area contributed by atoms with Crippen LogP contribution in [0.2, 0.25) is 0 Å². The highest BCUT2D eigenvalue weighted by atomic mass is 16.5. The third-order valence-corrected chi connectivity index (χ3v) is 7.28. The quantitative estimate of drug-likeness (QED) is 0.561. The number of carbonyl (C=O) groups excluding carboxylic acids is 1. The van der Waals surface area contributed by atoms with Gasteiger partial charge in [-0.05, 0) is 85.8 Å². The van der Waals surface area contributed by atoms with Crippen LogP contribution in [0, 0.1) is 6.92 Å². The molecule has 1 aliphatic heterocycles. The fourth-order valence-corrected chi connectivity index (χ4v) is 4.75. The predicted molar refractivity (Wildman–Crippen MR) is 129 cm³/mol. The Bertz CT molecular complexity index is 1170. The Morgan fingerprint density at radius 3 is 2.66 bits per heavy atom. The molecule has 3 aromatic rings. The molecule has 0 radical (unpaired) electrons. The van der Waals surface area contributed by atoms with Crippen LogP contribution in [-0.4, -0.2) is 37.0 Å². The second kappa shape index (κ2) is 8.25. The molecule has 1 N–H and O–H groups in total. The van der Waals surface area contributed by atoms with E-state index in [9.17, 15) is 4.79 Å². The molecule has 32 heavy (non-hydrogen) atoms. The van der Waals surface area contributed by atoms with Gasteiger partial charge in [-0.15, -0.1) is 0 Å². The van der Waals surface area contributed by atoms with Crippen molar-refractivity contribution in [3.63, 3.8) is 0 Å². The van der Waals surface area contributed by atoms with Crippen molar-refractivity contribution < 1.29 is 9.53 Å². The summed E-state index contributed by atoms with van der Waals surface area (Å²) in [4.78, 5) is 15.7. The van der Waals surface area contributed by atoms with Gasteiger partial charge in [-0.2, -0.15) is 0 Å². The summed E-state index contributed by atoms with van der Waals surface area (Å²) in [5.74, 6) is 0.751. The van der Waals surface area contributed by atoms with Crippen LogP contribution in [0.15, 0.2) is 54.6 Å². The van der Waals surface area contributed by atoms with E-state index in [4.69, 9.17) is 4.74 Å². The zero-order valence-electron chi connectivity index (χ0n) is 19.3. The first-order chi connectivity index (χ1) is 15.5. The highest BCUT2D eigenvalue weighted by molar-refractivity contribution is 5.97. The second-order valence-corrected chi connectivity index (χ2v) is 9.47. The van der Waals surface area contributed by atoms with Crippen molar-refractivity contribution in [2.75, 3.05) is 20.2 Å². The van der Waals surface area contributed by atoms with Crippen LogP contribution in [0.5, 0.6) is 5.75 Å². The van der Waals surface area contributed by atoms with Crippen LogP contribution in [0.25, 0.3) is 10.8 Å². The Kier molecular flexibility index (Phi) is 5.42. The van der Waals surface area contributed by atoms with Crippen LogP contribution >= 0.6 is 0 Å². The van der Waals surface area contributed by atoms with Gasteiger partial charge in [-0.3, -0.25) is 9.69 Å². The van der Waals surface area contributed by atoms with Crippen molar-refractivity contribution in [3.8, 4) is 5.75 Å². The number of nitrogens with zero attached hydrogens (tertiary/aromatic N) is 1. The smallest absolute Gasteiger partial charge is 0.252 e. The van der Waals surface area contributed by atoms with Crippen molar-refractivity contribution in [2.24, 2.45) is 0 Å². The zero-order valence-corrected chi connectivity index (χ0v) is 19.3. The summed E-state index contributed by atoms with van der Waals surface area (Å²) in [6, 6.07) is 19.4. The molecule has 1 saturated heterocycles. The average molecular weight is 429 g/mol. The SMILES string of the molecule is CCc1cc(C2(NC(=O)c3cc(OCC4CCN4C)ccc3C)CC2)c2ccccc2c1. The molecule has 4 heteroatoms. The largest absolute Gasteiger partial charge is 0.492 e. The molecule has 166 valence electrons. The number of likely N-dealkylation sites (N-methyl/N-ethyl adjacent to an activating group) is 1. The molecular formula is C28H32N2O2. The number of ether oxygens (including phenoxy) is 1. The fourth-order valence-electron chi connectivity index (χ4n) is 4.75. The molecule has 1 unspecified atom stereocenters. The molecule has 1 saturated carbocycles. The number of benzene rings is 3. The Morgan fingerprint density at radius 1 is 1.16 bits per heavy atom. The monoisotopic (exact) mass is 428 g/mol. The van der Waals surface area contributed by atoms with Gasteiger partial charge in [-0.1, -0.05) is 49.4 Å². The molecule has 1 amide bonds. The number of nitrogens with one attached hydrogen (secondary N) is 1. The molecule has 0 spiro atoms. The van der Waals surface area contributed by atoms with Crippen LogP contribution in [0.4, 0.5) is 0 Å². The number of aryl methyl sites for hydroxylation is 2. The number of fused-ring (bicyclic) bond motifs is 1. The molecule has 0 bridgehead atoms. The minimum absolute atomic E-state index is 0.0165. The third kappa shape index (κ3) is 3.88. The Hall–Kier alpha value is -2.85. The van der Waals surface area contributed by atoms with Gasteiger partial charge < -0.3 is 10.1 Å². The first-order valence-electron chi connectivity index (χ1n) is 11.8. The fraction of sp³-hybridized carbons (Fsp3) is 0.393. The van der Waals surface area contributed by atoms with Gasteiger partial charge in [0.2, 0.25) is 0 Å². The lowest BCUT2D eigenvalue weighted by Crippen LogP contribution is -2.48. The predicted octanol–water partition coefficient (Wildman–Crippen LogP) is 5.21. The molecule has 2 fully saturated rings. The highest BCUT2D eigenvalue weighted by Gasteiger charge is 2.47. The minimum Gasteiger partial charge on any atom is -0.492 e. The first kappa shape index (κ1) is 21.0. The number of carbonyl (C=O) groups is 1. The van der Waals surface area contributed by atoms with Crippen LogP contribution < -0.4 is 10.1 Å². The lowest BCUT2D eigenvalue weighted by atomic mass is 9.93. The first-order valence-corrected chi connectivity index (χ1v) is 11.8. The number of rotatable bonds is 7. The number of amides is 1. The van der Waals surface area contributed by atoms with E-state index < -0.39 is 0 Å². The standard InChI is InChI=1S/C28H32N2O2/c1-4-20-15-21-7-5-6-8-24(21)26(16-20)28(12-13-28)29-27(31)25-17-23(10-9-19(25)2)32-18-22-11-14-30(22)3/h5-10,15-17,22H,4,11-14,18H2,1-3H3,(H,29,31). The van der Waals surface area contributed by atoms with Gasteiger partial charge in [0, 0.05) is 11.6 Å². The lowest BCUT2D eigenvalue weighted by Gasteiger charge is -2.37. The summed E-state index contributed by atoms with van der Waals surface area (Å²) in [5.41, 5.74) is 3.95. The molecule has 0 aromatic heterocycles. The molecule has 3 aromatic carbocycles. The molecule has 2 aliphatic rings. The van der Waals surface area contributed by atoms with Crippen molar-refractivity contribution in [2.45, 2.75) is 51.1 Å². The number of hydrogen-bond donors (Lipinski definition) is 1. The van der Waals surface area contributed by atoms with Crippen molar-refractivity contribution >= 4 is 16.7 Å². The van der Waals surface area contributed by atoms with Crippen LogP contribution in [0.1, 0.15) is 53.2 Å². The van der Waals surface area contributed by atoms with Crippen molar-refractivity contribution in [3.05, 3.63) is 76.9 Å². The third-order valence-electron chi connectivity index (χ3n) is 7.28. The maximum atomic E-state index is 13.4. The maximum absolute atomic E-state index is 13.4. The molecule has 4 nitrogen and oxygen atoms in total. The second-order valence-electron chi connectivity index (χ2n) is 9.47. The maximum Gasteiger partial charge on any atom is 0.252 e. The molecule has 1 aliphatic carbocycles. The van der Waals surface area contributed by atoms with E-state index in [1.54, 1.807) is 0 Å². The summed E-state index contributed by atoms with van der Waals surface area (Å²) in [5, 5.41) is 5.89. The van der Waals surface area contributed by atoms with Gasteiger partial charge in [0.15, 0.2) is 0 Å². The normalized spacial score (nSPS) is 19.4. The van der Waals surface area contributed by atoms with Gasteiger partial charge in [0.05, 0.1) is 5.54 Å². The van der Waals surface area contributed by atoms with E-state index in [-0.39, 0.29) is 11.4 Å². The van der Waals surface area contributed by atoms with Crippen LogP contribution in [-0.2, 0) is 12.0 Å². The summed E-state index contributed by atoms with van der Waals surface area (Å²) in [6.45, 7) is 5.97. The van der Waals surface area contributed by atoms with Gasteiger partial charge in [0.25, 0.3) is 5.91 Å². The van der Waals surface area contributed by atoms with E-state index in [2.05, 4.69) is 60.6 Å². The van der Waals surface area contributed by atoms with E-state index in [0.717, 1.165) is 37.1 Å². The number of hydrogen-bond acceptors (Lipinski definition) is 3. The Morgan fingerprint density at radius 2 is 1.97 bits per heavy atom. The van der Waals surface area contributed by atoms with Crippen molar-refractivity contribution in [1.82, 2.24) is 10.2 Å². The van der Waals surface area contributed by atoms with Crippen molar-refractivity contribution in [1.29, 1.82) is 0 Å². The summed E-state index contributed by atoms with van der Waals surface area (Å²) >= 11 is 0. The minimum atomic E-state index is -0.278. The van der Waals surface area contributed by atoms with Crippen LogP contribution in [0.3, 0.4) is 0 Å². The Labute approximate surface area is 190 Å². The highest BCUT2D eigenvalue weighted by Crippen LogP contribution is 2.48. The zero-order chi connectivity index (χ0) is 22.3. The van der Waals surface area contributed by atoms with E-state index in [0.29, 0.717) is 18.2 Å². The van der Waals surface area contributed by atoms with E-state index in [1.807, 2.05) is 25.1 Å². The van der Waals surface area contributed by atoms with E-state index >= 15 is 0 Å². The lowest BCUT2D eigenvalue weighted by molar-refractivity contribution is 0.0767. The van der Waals surface area contributed by atoms with E-state index in [1.165, 1.54) is 28.3 Å². The number of likely N-dealkylation sites (tertiary alicyclic amines) is 1. The van der Waals surface area contributed by atoms with Gasteiger partial charge in [-0.25, -0.2) is 0 Å². The summed E-state index contributed by atoms with van der Waals surface area (Å²) in [7, 11) is 2.12. The average Bonchev–Trinajstić information content (AvgIpc) is 3.58. The van der Waals surface area contributed by atoms with Gasteiger partial charge in [0.1, 0.15) is 12.4 Å². The Balaban J connectivity index is 1.39. The molecular weight excluding hydrogens is 396 g/mol. The molecule has 5 rings (SSSR count). The topological polar surface area (TPSA) is 41.6 Å².